The summed E-state index contributed by atoms with van der Waals surface area (Å²) in [6.07, 6.45) is 2.64. The van der Waals surface area contributed by atoms with Gasteiger partial charge in [-0.25, -0.2) is 4.79 Å². The summed E-state index contributed by atoms with van der Waals surface area (Å²) in [5, 5.41) is 2.69. The van der Waals surface area contributed by atoms with E-state index >= 15 is 0 Å². The van der Waals surface area contributed by atoms with Gasteiger partial charge in [0.1, 0.15) is 5.60 Å². The summed E-state index contributed by atoms with van der Waals surface area (Å²) in [4.78, 5) is 39.3. The number of rotatable bonds is 6. The van der Waals surface area contributed by atoms with E-state index in [0.29, 0.717) is 6.61 Å². The third-order valence-electron chi connectivity index (χ3n) is 5.49. The molecule has 1 aromatic carbocycles. The second kappa shape index (κ2) is 7.05. The number of hydrogen-bond donors (Lipinski definition) is 1. The topological polar surface area (TPSA) is 84.9 Å². The SMILES string of the molecule is CC(C)COC(=O)NC[C@@]12C=C[C@@H](O1)[C@@H]1C(=O)N(Cc3ccccc3)C(=O)[C@H]12. The molecule has 0 saturated carbocycles. The van der Waals surface area contributed by atoms with Gasteiger partial charge in [-0.3, -0.25) is 14.5 Å². The van der Waals surface area contributed by atoms with Crippen LogP contribution in [0, 0.1) is 17.8 Å². The molecule has 0 aliphatic carbocycles. The normalized spacial score (nSPS) is 30.2. The standard InChI is InChI=1S/C21H24N2O5/c1-13(2)11-27-20(26)22-12-21-9-8-15(28-21)16-17(21)19(25)23(18(16)24)10-14-6-4-3-5-7-14/h3-9,13,15-17H,10-12H2,1-2H3,(H,22,26)/t15-,16+,17+,21-/m1/s1. The Labute approximate surface area is 163 Å². The lowest BCUT2D eigenvalue weighted by Crippen LogP contribution is -2.48. The zero-order valence-corrected chi connectivity index (χ0v) is 16.0. The number of carbonyl (C=O) groups is 3. The van der Waals surface area contributed by atoms with Crippen LogP contribution in [0.2, 0.25) is 0 Å². The van der Waals surface area contributed by atoms with Crippen LogP contribution in [0.3, 0.4) is 0 Å². The van der Waals surface area contributed by atoms with Crippen LogP contribution >= 0.6 is 0 Å². The molecular weight excluding hydrogens is 360 g/mol. The zero-order valence-electron chi connectivity index (χ0n) is 16.0. The van der Waals surface area contributed by atoms with Gasteiger partial charge in [-0.05, 0) is 11.5 Å². The second-order valence-electron chi connectivity index (χ2n) is 7.99. The first kappa shape index (κ1) is 18.7. The highest BCUT2D eigenvalue weighted by molar-refractivity contribution is 6.07. The number of nitrogens with zero attached hydrogens (tertiary/aromatic N) is 1. The minimum Gasteiger partial charge on any atom is -0.449 e. The van der Waals surface area contributed by atoms with Crippen LogP contribution in [0.4, 0.5) is 4.79 Å². The summed E-state index contributed by atoms with van der Waals surface area (Å²) in [5.74, 6) is -1.38. The van der Waals surface area contributed by atoms with Crippen molar-refractivity contribution in [1.29, 1.82) is 0 Å². The number of alkyl carbamates (subject to hydrolysis) is 1. The number of likely N-dealkylation sites (tertiary alicyclic amines) is 1. The molecule has 0 spiro atoms. The van der Waals surface area contributed by atoms with Crippen LogP contribution in [0.5, 0.6) is 0 Å². The maximum absolute atomic E-state index is 13.1. The van der Waals surface area contributed by atoms with Crippen molar-refractivity contribution in [2.45, 2.75) is 32.1 Å². The van der Waals surface area contributed by atoms with Gasteiger partial charge in [0, 0.05) is 0 Å². The molecular formula is C21H24N2O5. The second-order valence-corrected chi connectivity index (χ2v) is 7.99. The smallest absolute Gasteiger partial charge is 0.407 e. The van der Waals surface area contributed by atoms with Gasteiger partial charge in [-0.2, -0.15) is 0 Å². The Bertz CT molecular complexity index is 821. The van der Waals surface area contributed by atoms with E-state index in [1.54, 1.807) is 6.08 Å². The Hall–Kier alpha value is -2.67. The number of benzene rings is 1. The van der Waals surface area contributed by atoms with E-state index in [0.717, 1.165) is 5.56 Å². The van der Waals surface area contributed by atoms with E-state index in [1.807, 2.05) is 50.3 Å². The first-order valence-corrected chi connectivity index (χ1v) is 9.58. The first-order chi connectivity index (χ1) is 13.4. The van der Waals surface area contributed by atoms with Gasteiger partial charge in [-0.15, -0.1) is 0 Å². The fraction of sp³-hybridized carbons (Fsp3) is 0.476. The van der Waals surface area contributed by atoms with Crippen molar-refractivity contribution in [3.8, 4) is 0 Å². The molecule has 7 heteroatoms. The number of fused-ring (bicyclic) bond motifs is 5. The molecule has 3 heterocycles. The Morgan fingerprint density at radius 1 is 1.25 bits per heavy atom. The number of ether oxygens (including phenoxy) is 2. The molecule has 2 bridgehead atoms. The van der Waals surface area contributed by atoms with Gasteiger partial charge in [0.2, 0.25) is 11.8 Å². The van der Waals surface area contributed by atoms with Crippen LogP contribution in [-0.2, 0) is 25.6 Å². The monoisotopic (exact) mass is 384 g/mol. The third-order valence-corrected chi connectivity index (χ3v) is 5.49. The van der Waals surface area contributed by atoms with Crippen LogP contribution in [0.15, 0.2) is 42.5 Å². The molecule has 4 rings (SSSR count). The predicted octanol–water partition coefficient (Wildman–Crippen LogP) is 1.88. The molecule has 148 valence electrons. The molecule has 7 nitrogen and oxygen atoms in total. The molecule has 3 amide bonds. The van der Waals surface area contributed by atoms with E-state index in [4.69, 9.17) is 9.47 Å². The molecule has 3 aliphatic heterocycles. The maximum atomic E-state index is 13.1. The quantitative estimate of drug-likeness (QED) is 0.598. The summed E-state index contributed by atoms with van der Waals surface area (Å²) < 4.78 is 11.1. The fourth-order valence-corrected chi connectivity index (χ4v) is 4.19. The molecule has 2 fully saturated rings. The average Bonchev–Trinajstić information content (AvgIpc) is 3.32. The van der Waals surface area contributed by atoms with Crippen molar-refractivity contribution in [3.63, 3.8) is 0 Å². The zero-order chi connectivity index (χ0) is 19.9. The lowest BCUT2D eigenvalue weighted by molar-refractivity contribution is -0.144. The highest BCUT2D eigenvalue weighted by Crippen LogP contribution is 2.51. The molecule has 3 aliphatic rings. The molecule has 0 aromatic heterocycles. The molecule has 4 atom stereocenters. The third kappa shape index (κ3) is 3.09. The van der Waals surface area contributed by atoms with Crippen molar-refractivity contribution in [1.82, 2.24) is 10.2 Å². The van der Waals surface area contributed by atoms with Gasteiger partial charge in [0.25, 0.3) is 0 Å². The van der Waals surface area contributed by atoms with E-state index in [-0.39, 0.29) is 30.8 Å². The largest absolute Gasteiger partial charge is 0.449 e. The molecule has 0 radical (unpaired) electrons. The number of hydrogen-bond acceptors (Lipinski definition) is 5. The van der Waals surface area contributed by atoms with Gasteiger partial charge in [-0.1, -0.05) is 56.3 Å². The minimum absolute atomic E-state index is 0.0935. The molecule has 1 N–H and O–H groups in total. The van der Waals surface area contributed by atoms with Crippen molar-refractivity contribution in [2.24, 2.45) is 17.8 Å². The molecule has 28 heavy (non-hydrogen) atoms. The maximum Gasteiger partial charge on any atom is 0.407 e. The number of imide groups is 1. The summed E-state index contributed by atoms with van der Waals surface area (Å²) in [6, 6.07) is 9.43. The molecule has 1 aromatic rings. The van der Waals surface area contributed by atoms with Crippen LogP contribution < -0.4 is 5.32 Å². The van der Waals surface area contributed by atoms with Crippen LogP contribution in [0.25, 0.3) is 0 Å². The predicted molar refractivity (Wildman–Crippen MR) is 99.9 cm³/mol. The Balaban J connectivity index is 1.48. The highest BCUT2D eigenvalue weighted by Gasteiger charge is 2.67. The fourth-order valence-electron chi connectivity index (χ4n) is 4.19. The van der Waals surface area contributed by atoms with E-state index < -0.39 is 29.6 Å². The van der Waals surface area contributed by atoms with Gasteiger partial charge >= 0.3 is 6.09 Å². The Kier molecular flexibility index (Phi) is 4.71. The summed E-state index contributed by atoms with van der Waals surface area (Å²) in [5.41, 5.74) is -0.0977. The van der Waals surface area contributed by atoms with Gasteiger partial charge in [0.15, 0.2) is 0 Å². The van der Waals surface area contributed by atoms with Crippen LogP contribution in [0.1, 0.15) is 19.4 Å². The number of nitrogens with one attached hydrogen (secondary N) is 1. The Morgan fingerprint density at radius 3 is 2.71 bits per heavy atom. The van der Waals surface area contributed by atoms with Crippen LogP contribution in [-0.4, -0.2) is 47.7 Å². The molecule has 0 unspecified atom stereocenters. The first-order valence-electron chi connectivity index (χ1n) is 9.58. The van der Waals surface area contributed by atoms with Gasteiger partial charge in [0.05, 0.1) is 37.6 Å². The van der Waals surface area contributed by atoms with Crippen molar-refractivity contribution in [2.75, 3.05) is 13.2 Å². The lowest BCUT2D eigenvalue weighted by Gasteiger charge is -2.29. The van der Waals surface area contributed by atoms with Crippen molar-refractivity contribution < 1.29 is 23.9 Å². The number of carbonyl (C=O) groups excluding carboxylic acids is 3. The summed E-state index contributed by atoms with van der Waals surface area (Å²) in [6.45, 7) is 4.55. The van der Waals surface area contributed by atoms with Crippen molar-refractivity contribution in [3.05, 3.63) is 48.0 Å². The van der Waals surface area contributed by atoms with E-state index in [1.165, 1.54) is 4.90 Å². The van der Waals surface area contributed by atoms with Gasteiger partial charge < -0.3 is 14.8 Å². The summed E-state index contributed by atoms with van der Waals surface area (Å²) in [7, 11) is 0. The summed E-state index contributed by atoms with van der Waals surface area (Å²) >= 11 is 0. The van der Waals surface area contributed by atoms with E-state index in [2.05, 4.69) is 5.32 Å². The minimum atomic E-state index is -0.996. The van der Waals surface area contributed by atoms with Crippen molar-refractivity contribution >= 4 is 17.9 Å². The highest BCUT2D eigenvalue weighted by atomic mass is 16.6. The average molecular weight is 384 g/mol. The van der Waals surface area contributed by atoms with E-state index in [9.17, 15) is 14.4 Å². The molecule has 2 saturated heterocycles. The number of amides is 3. The Morgan fingerprint density at radius 2 is 2.00 bits per heavy atom. The lowest BCUT2D eigenvalue weighted by atomic mass is 9.77.